The van der Waals surface area contributed by atoms with Crippen LogP contribution in [-0.4, -0.2) is 25.0 Å². The van der Waals surface area contributed by atoms with Crippen LogP contribution >= 0.6 is 0 Å². The first kappa shape index (κ1) is 14.1. The summed E-state index contributed by atoms with van der Waals surface area (Å²) < 4.78 is 5.30. The van der Waals surface area contributed by atoms with Crippen molar-refractivity contribution in [3.8, 4) is 5.75 Å². The van der Waals surface area contributed by atoms with Crippen LogP contribution < -0.4 is 15.0 Å². The summed E-state index contributed by atoms with van der Waals surface area (Å²) >= 11 is 0. The van der Waals surface area contributed by atoms with Gasteiger partial charge in [-0.15, -0.1) is 0 Å². The summed E-state index contributed by atoms with van der Waals surface area (Å²) in [5.74, 6) is 0.253. The molecule has 1 aliphatic rings. The number of rotatable bonds is 3. The smallest absolute Gasteiger partial charge is 0.262 e. The minimum absolute atomic E-state index is 0.00535. The van der Waals surface area contributed by atoms with E-state index in [4.69, 9.17) is 4.74 Å². The third-order valence-corrected chi connectivity index (χ3v) is 3.49. The molecule has 0 fully saturated rings. The van der Waals surface area contributed by atoms with Gasteiger partial charge in [0.1, 0.15) is 5.75 Å². The number of para-hydroxylation sites is 1. The molecule has 0 aliphatic carbocycles. The lowest BCUT2D eigenvalue weighted by atomic mass is 10.1. The second-order valence-electron chi connectivity index (χ2n) is 4.93. The minimum atomic E-state index is -0.215. The third-order valence-electron chi connectivity index (χ3n) is 3.49. The Hall–Kier alpha value is -2.82. The van der Waals surface area contributed by atoms with Gasteiger partial charge in [-0.25, -0.2) is 0 Å². The minimum Gasteiger partial charge on any atom is -0.482 e. The molecule has 5 nitrogen and oxygen atoms in total. The molecule has 2 amide bonds. The van der Waals surface area contributed by atoms with Gasteiger partial charge in [-0.05, 0) is 37.3 Å². The zero-order valence-corrected chi connectivity index (χ0v) is 12.2. The van der Waals surface area contributed by atoms with Crippen molar-refractivity contribution < 1.29 is 14.3 Å². The lowest BCUT2D eigenvalue weighted by Crippen LogP contribution is -2.31. The van der Waals surface area contributed by atoms with Crippen LogP contribution in [0.2, 0.25) is 0 Å². The molecule has 1 N–H and O–H groups in total. The molecule has 0 bridgehead atoms. The Kier molecular flexibility index (Phi) is 3.78. The molecule has 0 aromatic heterocycles. The molecular weight excluding hydrogens is 280 g/mol. The maximum Gasteiger partial charge on any atom is 0.262 e. The van der Waals surface area contributed by atoms with Gasteiger partial charge in [0.05, 0.1) is 5.69 Å². The summed E-state index contributed by atoms with van der Waals surface area (Å²) in [7, 11) is 0. The first-order chi connectivity index (χ1) is 10.7. The quantitative estimate of drug-likeness (QED) is 0.947. The topological polar surface area (TPSA) is 58.6 Å². The Balaban J connectivity index is 1.91. The summed E-state index contributed by atoms with van der Waals surface area (Å²) in [5.41, 5.74) is 1.88. The van der Waals surface area contributed by atoms with Gasteiger partial charge in [-0.1, -0.05) is 18.2 Å². The molecule has 0 radical (unpaired) electrons. The summed E-state index contributed by atoms with van der Waals surface area (Å²) in [4.78, 5) is 25.8. The van der Waals surface area contributed by atoms with E-state index in [1.165, 1.54) is 0 Å². The molecule has 2 aromatic carbocycles. The number of hydrogen-bond donors (Lipinski definition) is 1. The molecule has 0 saturated heterocycles. The van der Waals surface area contributed by atoms with Crippen molar-refractivity contribution in [3.63, 3.8) is 0 Å². The number of amides is 2. The zero-order chi connectivity index (χ0) is 15.5. The van der Waals surface area contributed by atoms with E-state index in [1.807, 2.05) is 37.3 Å². The first-order valence-electron chi connectivity index (χ1n) is 7.12. The van der Waals surface area contributed by atoms with Gasteiger partial charge in [0, 0.05) is 17.8 Å². The lowest BCUT2D eigenvalue weighted by molar-refractivity contribution is -0.118. The van der Waals surface area contributed by atoms with Crippen molar-refractivity contribution in [2.24, 2.45) is 0 Å². The normalized spacial score (nSPS) is 12.9. The third kappa shape index (κ3) is 2.65. The number of nitrogens with zero attached hydrogens (tertiary/aromatic N) is 1. The number of carbonyl (C=O) groups excluding carboxylic acids is 2. The lowest BCUT2D eigenvalue weighted by Gasteiger charge is -2.23. The second kappa shape index (κ2) is 5.89. The number of benzene rings is 2. The van der Waals surface area contributed by atoms with E-state index in [2.05, 4.69) is 5.32 Å². The zero-order valence-electron chi connectivity index (χ0n) is 12.2. The van der Waals surface area contributed by atoms with Gasteiger partial charge in [0.25, 0.3) is 11.8 Å². The van der Waals surface area contributed by atoms with Crippen molar-refractivity contribution in [1.29, 1.82) is 0 Å². The van der Waals surface area contributed by atoms with Crippen LogP contribution in [0.3, 0.4) is 0 Å². The molecule has 3 rings (SSSR count). The number of anilines is 2. The molecule has 5 heteroatoms. The van der Waals surface area contributed by atoms with Crippen LogP contribution in [0.15, 0.2) is 48.5 Å². The Morgan fingerprint density at radius 1 is 1.23 bits per heavy atom. The van der Waals surface area contributed by atoms with Gasteiger partial charge in [-0.3, -0.25) is 9.59 Å². The van der Waals surface area contributed by atoms with Crippen LogP contribution in [0.1, 0.15) is 17.3 Å². The molecule has 2 aromatic rings. The predicted molar refractivity (Wildman–Crippen MR) is 84.4 cm³/mol. The molecule has 0 unspecified atom stereocenters. The Bertz CT molecular complexity index is 713. The average molecular weight is 296 g/mol. The summed E-state index contributed by atoms with van der Waals surface area (Å²) in [6.07, 6.45) is 0. The van der Waals surface area contributed by atoms with Crippen LogP contribution in [0, 0.1) is 0 Å². The van der Waals surface area contributed by atoms with E-state index in [0.717, 1.165) is 5.69 Å². The maximum atomic E-state index is 12.7. The highest BCUT2D eigenvalue weighted by molar-refractivity contribution is 6.07. The summed E-state index contributed by atoms with van der Waals surface area (Å²) in [6.45, 7) is 2.49. The van der Waals surface area contributed by atoms with Gasteiger partial charge >= 0.3 is 0 Å². The van der Waals surface area contributed by atoms with Crippen LogP contribution in [0.25, 0.3) is 0 Å². The molecule has 1 aliphatic heterocycles. The van der Waals surface area contributed by atoms with Crippen molar-refractivity contribution in [2.45, 2.75) is 6.92 Å². The first-order valence-corrected chi connectivity index (χ1v) is 7.12. The highest BCUT2D eigenvalue weighted by Gasteiger charge is 2.20. The van der Waals surface area contributed by atoms with Crippen molar-refractivity contribution in [1.82, 2.24) is 0 Å². The van der Waals surface area contributed by atoms with E-state index >= 15 is 0 Å². The fourth-order valence-corrected chi connectivity index (χ4v) is 2.42. The van der Waals surface area contributed by atoms with Crippen molar-refractivity contribution in [3.05, 3.63) is 54.1 Å². The van der Waals surface area contributed by atoms with E-state index in [-0.39, 0.29) is 18.4 Å². The molecule has 112 valence electrons. The molecule has 22 heavy (non-hydrogen) atoms. The molecule has 1 heterocycles. The fraction of sp³-hybridized carbons (Fsp3) is 0.176. The van der Waals surface area contributed by atoms with E-state index in [1.54, 1.807) is 23.1 Å². The maximum absolute atomic E-state index is 12.7. The van der Waals surface area contributed by atoms with E-state index in [0.29, 0.717) is 23.5 Å². The number of nitrogens with one attached hydrogen (secondary N) is 1. The monoisotopic (exact) mass is 296 g/mol. The van der Waals surface area contributed by atoms with Crippen LogP contribution in [-0.2, 0) is 4.79 Å². The highest BCUT2D eigenvalue weighted by atomic mass is 16.5. The molecule has 0 spiro atoms. The van der Waals surface area contributed by atoms with Gasteiger partial charge in [-0.2, -0.15) is 0 Å². The molecular formula is C17H16N2O3. The Morgan fingerprint density at radius 2 is 2.00 bits per heavy atom. The number of carbonyl (C=O) groups is 2. The predicted octanol–water partition coefficient (Wildman–Crippen LogP) is 2.68. The molecule has 0 atom stereocenters. The standard InChI is InChI=1S/C17H16N2O3/c1-2-19(13-6-4-3-5-7-13)17(21)12-8-9-15-14(10-12)18-16(20)11-22-15/h3-10H,2,11H2,1H3,(H,18,20). The second-order valence-corrected chi connectivity index (χ2v) is 4.93. The van der Waals surface area contributed by atoms with Crippen molar-refractivity contribution >= 4 is 23.2 Å². The SMILES string of the molecule is CCN(C(=O)c1ccc2c(c1)NC(=O)CO2)c1ccccc1. The number of hydrogen-bond acceptors (Lipinski definition) is 3. The van der Waals surface area contributed by atoms with Crippen LogP contribution in [0.5, 0.6) is 5.75 Å². The largest absolute Gasteiger partial charge is 0.482 e. The van der Waals surface area contributed by atoms with Gasteiger partial charge in [0.2, 0.25) is 0 Å². The highest BCUT2D eigenvalue weighted by Crippen LogP contribution is 2.29. The fourth-order valence-electron chi connectivity index (χ4n) is 2.42. The van der Waals surface area contributed by atoms with Gasteiger partial charge in [0.15, 0.2) is 6.61 Å². The Labute approximate surface area is 128 Å². The van der Waals surface area contributed by atoms with Crippen LogP contribution in [0.4, 0.5) is 11.4 Å². The van der Waals surface area contributed by atoms with Crippen molar-refractivity contribution in [2.75, 3.05) is 23.4 Å². The van der Waals surface area contributed by atoms with E-state index in [9.17, 15) is 9.59 Å². The van der Waals surface area contributed by atoms with E-state index < -0.39 is 0 Å². The summed E-state index contributed by atoms with van der Waals surface area (Å²) in [5, 5.41) is 2.72. The number of ether oxygens (including phenoxy) is 1. The van der Waals surface area contributed by atoms with Gasteiger partial charge < -0.3 is 15.0 Å². The molecule has 0 saturated carbocycles. The average Bonchev–Trinajstić information content (AvgIpc) is 2.55. The Morgan fingerprint density at radius 3 is 2.73 bits per heavy atom. The number of fused-ring (bicyclic) bond motifs is 1. The summed E-state index contributed by atoms with van der Waals surface area (Å²) in [6, 6.07) is 14.6.